The fraction of sp³-hybridized carbons (Fsp3) is 0.318. The number of aliphatic imine (C=N–C) groups is 1. The van der Waals surface area contributed by atoms with Crippen molar-refractivity contribution in [1.29, 1.82) is 0 Å². The molecule has 1 aliphatic carbocycles. The minimum atomic E-state index is 0.111. The average Bonchev–Trinajstić information content (AvgIpc) is 2.68. The van der Waals surface area contributed by atoms with Gasteiger partial charge in [0, 0.05) is 24.5 Å². The molecule has 1 unspecified atom stereocenters. The van der Waals surface area contributed by atoms with Gasteiger partial charge in [-0.25, -0.2) is 0 Å². The first-order chi connectivity index (χ1) is 12.7. The Morgan fingerprint density at radius 2 is 2.04 bits per heavy atom. The zero-order valence-electron chi connectivity index (χ0n) is 15.2. The Morgan fingerprint density at radius 3 is 2.88 bits per heavy atom. The maximum atomic E-state index is 6.29. The number of rotatable bonds is 3. The second-order valence-corrected chi connectivity index (χ2v) is 7.35. The first-order valence-electron chi connectivity index (χ1n) is 9.26. The largest absolute Gasteiger partial charge is 0.387 e. The Kier molecular flexibility index (Phi) is 4.73. The van der Waals surface area contributed by atoms with Gasteiger partial charge in [-0.05, 0) is 55.5 Å². The molecule has 2 aliphatic rings. The summed E-state index contributed by atoms with van der Waals surface area (Å²) in [5, 5.41) is 3.92. The molecule has 0 radical (unpaired) electrons. The van der Waals surface area contributed by atoms with Crippen molar-refractivity contribution in [3.8, 4) is 0 Å². The summed E-state index contributed by atoms with van der Waals surface area (Å²) in [4.78, 5) is 7.15. The minimum Gasteiger partial charge on any atom is -0.387 e. The Balaban J connectivity index is 1.78. The molecule has 2 aromatic carbocycles. The fourth-order valence-corrected chi connectivity index (χ4v) is 4.38. The van der Waals surface area contributed by atoms with Gasteiger partial charge in [0.15, 0.2) is 0 Å². The second-order valence-electron chi connectivity index (χ2n) is 6.94. The number of nitrogens with zero attached hydrogens (tertiary/aromatic N) is 2. The van der Waals surface area contributed by atoms with Gasteiger partial charge >= 0.3 is 0 Å². The van der Waals surface area contributed by atoms with Crippen molar-refractivity contribution in [3.63, 3.8) is 0 Å². The van der Waals surface area contributed by atoms with E-state index in [1.807, 2.05) is 19.3 Å². The summed E-state index contributed by atoms with van der Waals surface area (Å²) in [6, 6.07) is 15.4. The van der Waals surface area contributed by atoms with Gasteiger partial charge in [-0.2, -0.15) is 0 Å². The molecule has 0 fully saturated rings. The van der Waals surface area contributed by atoms with E-state index in [9.17, 15) is 0 Å². The molecular formula is C22H24ClN3. The normalized spacial score (nSPS) is 22.0. The summed E-state index contributed by atoms with van der Waals surface area (Å²) in [6.07, 6.45) is 7.70. The van der Waals surface area contributed by atoms with E-state index < -0.39 is 0 Å². The van der Waals surface area contributed by atoms with Crippen LogP contribution in [-0.2, 0) is 6.42 Å². The Morgan fingerprint density at radius 1 is 1.19 bits per heavy atom. The molecule has 1 N–H and O–H groups in total. The lowest BCUT2D eigenvalue weighted by molar-refractivity contribution is 0.216. The number of hydrogen-bond donors (Lipinski definition) is 1. The zero-order valence-corrected chi connectivity index (χ0v) is 16.0. The van der Waals surface area contributed by atoms with E-state index in [0.717, 1.165) is 17.1 Å². The molecule has 26 heavy (non-hydrogen) atoms. The van der Waals surface area contributed by atoms with Crippen LogP contribution >= 0.6 is 11.6 Å². The van der Waals surface area contributed by atoms with Crippen LogP contribution in [0.4, 0.5) is 5.69 Å². The number of allylic oxidation sites excluding steroid dienone is 1. The van der Waals surface area contributed by atoms with Crippen LogP contribution in [-0.4, -0.2) is 24.3 Å². The number of nitrogens with one attached hydrogen (secondary N) is 1. The number of benzene rings is 2. The van der Waals surface area contributed by atoms with Gasteiger partial charge in [0.25, 0.3) is 0 Å². The molecule has 1 aliphatic heterocycles. The van der Waals surface area contributed by atoms with Crippen molar-refractivity contribution in [2.75, 3.05) is 12.4 Å². The highest BCUT2D eigenvalue weighted by molar-refractivity contribution is 6.33. The van der Waals surface area contributed by atoms with E-state index in [1.54, 1.807) is 0 Å². The highest BCUT2D eigenvalue weighted by Gasteiger charge is 2.31. The molecule has 2 atom stereocenters. The SMILES string of the molecule is CNc1cc(C2=CC=NC(C)N2[C@@H]2CCCc3ccccc32)ccc1Cl. The first kappa shape index (κ1) is 17.2. The van der Waals surface area contributed by atoms with E-state index in [-0.39, 0.29) is 6.17 Å². The molecule has 2 aromatic rings. The smallest absolute Gasteiger partial charge is 0.118 e. The van der Waals surface area contributed by atoms with Gasteiger partial charge in [-0.15, -0.1) is 0 Å². The minimum absolute atomic E-state index is 0.111. The van der Waals surface area contributed by atoms with Gasteiger partial charge in [0.1, 0.15) is 6.17 Å². The van der Waals surface area contributed by atoms with Crippen molar-refractivity contribution < 1.29 is 0 Å². The summed E-state index contributed by atoms with van der Waals surface area (Å²) in [5.74, 6) is 0. The quantitative estimate of drug-likeness (QED) is 0.774. The van der Waals surface area contributed by atoms with Crippen molar-refractivity contribution in [2.45, 2.75) is 38.4 Å². The van der Waals surface area contributed by atoms with Crippen molar-refractivity contribution in [1.82, 2.24) is 4.90 Å². The lowest BCUT2D eigenvalue weighted by Crippen LogP contribution is -2.37. The second kappa shape index (κ2) is 7.16. The molecule has 0 bridgehead atoms. The van der Waals surface area contributed by atoms with Gasteiger partial charge < -0.3 is 10.2 Å². The van der Waals surface area contributed by atoms with Crippen molar-refractivity contribution in [3.05, 3.63) is 70.3 Å². The first-order valence-corrected chi connectivity index (χ1v) is 9.64. The molecule has 0 aromatic heterocycles. The lowest BCUT2D eigenvalue weighted by atomic mass is 9.85. The fourth-order valence-electron chi connectivity index (χ4n) is 4.16. The van der Waals surface area contributed by atoms with Crippen molar-refractivity contribution in [2.24, 2.45) is 4.99 Å². The van der Waals surface area contributed by atoms with Crippen LogP contribution in [0, 0.1) is 0 Å². The zero-order chi connectivity index (χ0) is 18.1. The van der Waals surface area contributed by atoms with Gasteiger partial charge in [-0.1, -0.05) is 41.9 Å². The Bertz CT molecular complexity index is 871. The molecular weight excluding hydrogens is 342 g/mol. The monoisotopic (exact) mass is 365 g/mol. The summed E-state index contributed by atoms with van der Waals surface area (Å²) < 4.78 is 0. The molecule has 0 saturated carbocycles. The van der Waals surface area contributed by atoms with E-state index in [1.165, 1.54) is 35.2 Å². The van der Waals surface area contributed by atoms with Gasteiger partial charge in [-0.3, -0.25) is 4.99 Å². The van der Waals surface area contributed by atoms with Crippen LogP contribution in [0.15, 0.2) is 53.5 Å². The molecule has 1 heterocycles. The molecule has 4 rings (SSSR count). The van der Waals surface area contributed by atoms with Crippen LogP contribution in [0.3, 0.4) is 0 Å². The van der Waals surface area contributed by atoms with E-state index in [0.29, 0.717) is 6.04 Å². The third kappa shape index (κ3) is 3.01. The van der Waals surface area contributed by atoms with Gasteiger partial charge in [0.2, 0.25) is 0 Å². The predicted molar refractivity (Wildman–Crippen MR) is 111 cm³/mol. The summed E-state index contributed by atoms with van der Waals surface area (Å²) >= 11 is 6.29. The number of halogens is 1. The van der Waals surface area contributed by atoms with Crippen LogP contribution in [0.2, 0.25) is 5.02 Å². The number of aryl methyl sites for hydroxylation is 1. The molecule has 0 spiro atoms. The highest BCUT2D eigenvalue weighted by Crippen LogP contribution is 2.41. The van der Waals surface area contributed by atoms with Crippen molar-refractivity contribution >= 4 is 29.2 Å². The molecule has 4 heteroatoms. The molecule has 134 valence electrons. The van der Waals surface area contributed by atoms with Crippen LogP contribution in [0.1, 0.15) is 42.5 Å². The maximum Gasteiger partial charge on any atom is 0.118 e. The Labute approximate surface area is 160 Å². The maximum absolute atomic E-state index is 6.29. The van der Waals surface area contributed by atoms with Crippen LogP contribution in [0.25, 0.3) is 5.70 Å². The summed E-state index contributed by atoms with van der Waals surface area (Å²) in [5.41, 5.74) is 6.24. The summed E-state index contributed by atoms with van der Waals surface area (Å²) in [6.45, 7) is 2.18. The number of anilines is 1. The molecule has 0 amide bonds. The topological polar surface area (TPSA) is 27.6 Å². The van der Waals surface area contributed by atoms with E-state index in [4.69, 9.17) is 11.6 Å². The average molecular weight is 366 g/mol. The standard InChI is InChI=1S/C22H24ClN3/c1-15-25-13-12-21(17-10-11-19(23)20(14-17)24-2)26(15)22-9-5-7-16-6-3-4-8-18(16)22/h3-4,6,8,10-15,22,24H,5,7,9H2,1-2H3/t15?,22-/m1/s1. The summed E-state index contributed by atoms with van der Waals surface area (Å²) in [7, 11) is 1.90. The molecule has 3 nitrogen and oxygen atoms in total. The number of fused-ring (bicyclic) bond motifs is 1. The molecule has 0 saturated heterocycles. The lowest BCUT2D eigenvalue weighted by Gasteiger charge is -2.42. The van der Waals surface area contributed by atoms with Crippen LogP contribution < -0.4 is 5.32 Å². The van der Waals surface area contributed by atoms with E-state index in [2.05, 4.69) is 64.6 Å². The third-order valence-electron chi connectivity index (χ3n) is 5.42. The number of hydrogen-bond acceptors (Lipinski definition) is 3. The highest BCUT2D eigenvalue weighted by atomic mass is 35.5. The van der Waals surface area contributed by atoms with Crippen LogP contribution in [0.5, 0.6) is 0 Å². The van der Waals surface area contributed by atoms with E-state index >= 15 is 0 Å². The Hall–Kier alpha value is -2.26. The van der Waals surface area contributed by atoms with Gasteiger partial charge in [0.05, 0.1) is 16.8 Å². The third-order valence-corrected chi connectivity index (χ3v) is 5.75. The predicted octanol–water partition coefficient (Wildman–Crippen LogP) is 5.53.